The van der Waals surface area contributed by atoms with Crippen molar-refractivity contribution >= 4 is 27.5 Å². The molecule has 0 spiro atoms. The summed E-state index contributed by atoms with van der Waals surface area (Å²) < 4.78 is 32.9. The molecule has 1 aliphatic rings. The summed E-state index contributed by atoms with van der Waals surface area (Å²) >= 11 is 6.16. The van der Waals surface area contributed by atoms with Crippen molar-refractivity contribution in [1.82, 2.24) is 9.62 Å². The molecule has 1 saturated heterocycles. The molecule has 0 saturated carbocycles. The minimum absolute atomic E-state index is 0.0233. The summed E-state index contributed by atoms with van der Waals surface area (Å²) in [6.45, 7) is 3.51. The molecule has 29 heavy (non-hydrogen) atoms. The smallest absolute Gasteiger partial charge is 0.251 e. The van der Waals surface area contributed by atoms with Crippen LogP contribution in [-0.4, -0.2) is 44.9 Å². The van der Waals surface area contributed by atoms with Gasteiger partial charge in [-0.1, -0.05) is 36.2 Å². The number of rotatable bonds is 7. The highest BCUT2D eigenvalue weighted by atomic mass is 35.5. The third kappa shape index (κ3) is 5.29. The van der Waals surface area contributed by atoms with Crippen LogP contribution in [0.15, 0.2) is 47.4 Å². The number of piperidine rings is 1. The Labute approximate surface area is 176 Å². The van der Waals surface area contributed by atoms with E-state index in [1.165, 1.54) is 22.5 Å². The Balaban J connectivity index is 1.64. The lowest BCUT2D eigenvalue weighted by atomic mass is 10.2. The molecular weight excluding hydrogens is 412 g/mol. The second-order valence-electron chi connectivity index (χ2n) is 6.98. The maximum Gasteiger partial charge on any atom is 0.251 e. The van der Waals surface area contributed by atoms with Crippen LogP contribution in [0.5, 0.6) is 5.75 Å². The van der Waals surface area contributed by atoms with Gasteiger partial charge in [0.1, 0.15) is 17.3 Å². The van der Waals surface area contributed by atoms with Crippen LogP contribution in [0.2, 0.25) is 5.02 Å². The number of nitrogens with zero attached hydrogens (tertiary/aromatic N) is 1. The van der Waals surface area contributed by atoms with E-state index in [1.807, 2.05) is 31.2 Å². The molecule has 1 fully saturated rings. The fourth-order valence-electron chi connectivity index (χ4n) is 3.23. The molecular formula is C21H25ClN2O4S. The maximum atomic E-state index is 12.9. The van der Waals surface area contributed by atoms with Gasteiger partial charge in [-0.25, -0.2) is 8.42 Å². The minimum atomic E-state index is -3.72. The highest BCUT2D eigenvalue weighted by molar-refractivity contribution is 7.89. The van der Waals surface area contributed by atoms with Crippen molar-refractivity contribution in [3.05, 3.63) is 58.6 Å². The predicted molar refractivity (Wildman–Crippen MR) is 113 cm³/mol. The van der Waals surface area contributed by atoms with Gasteiger partial charge in [0, 0.05) is 18.7 Å². The summed E-state index contributed by atoms with van der Waals surface area (Å²) in [6.07, 6.45) is 2.68. The molecule has 0 aromatic heterocycles. The van der Waals surface area contributed by atoms with Crippen molar-refractivity contribution in [2.45, 2.75) is 31.1 Å². The highest BCUT2D eigenvalue weighted by Crippen LogP contribution is 2.28. The van der Waals surface area contributed by atoms with Crippen LogP contribution in [-0.2, 0) is 10.0 Å². The summed E-state index contributed by atoms with van der Waals surface area (Å²) in [5.41, 5.74) is 1.27. The fourth-order valence-corrected chi connectivity index (χ4v) is 5.25. The Morgan fingerprint density at radius 2 is 1.86 bits per heavy atom. The number of ether oxygens (including phenoxy) is 1. The van der Waals surface area contributed by atoms with Crippen LogP contribution in [0, 0.1) is 6.92 Å². The molecule has 1 heterocycles. The Morgan fingerprint density at radius 3 is 2.59 bits per heavy atom. The van der Waals surface area contributed by atoms with E-state index in [2.05, 4.69) is 5.32 Å². The number of nitrogens with one attached hydrogen (secondary N) is 1. The number of carbonyl (C=O) groups excluding carboxylic acids is 1. The van der Waals surface area contributed by atoms with Crippen molar-refractivity contribution in [3.8, 4) is 5.75 Å². The molecule has 3 rings (SSSR count). The zero-order chi connectivity index (χ0) is 20.9. The van der Waals surface area contributed by atoms with Crippen LogP contribution >= 0.6 is 11.6 Å². The number of amides is 1. The summed E-state index contributed by atoms with van der Waals surface area (Å²) in [4.78, 5) is 12.4. The number of benzene rings is 2. The van der Waals surface area contributed by atoms with Gasteiger partial charge in [0.2, 0.25) is 10.0 Å². The number of carbonyl (C=O) groups is 1. The molecule has 8 heteroatoms. The highest BCUT2D eigenvalue weighted by Gasteiger charge is 2.28. The van der Waals surface area contributed by atoms with Crippen molar-refractivity contribution in [3.63, 3.8) is 0 Å². The standard InChI is InChI=1S/C21H25ClN2O4S/c1-16-7-3-4-8-19(16)28-14-11-23-21(25)17-9-10-18(22)20(15-17)29(26,27)24-12-5-2-6-13-24/h3-4,7-10,15H,2,5-6,11-14H2,1H3,(H,23,25). The predicted octanol–water partition coefficient (Wildman–Crippen LogP) is 3.63. The second kappa shape index (κ2) is 9.61. The maximum absolute atomic E-state index is 12.9. The van der Waals surface area contributed by atoms with Crippen molar-refractivity contribution in [2.24, 2.45) is 0 Å². The largest absolute Gasteiger partial charge is 0.491 e. The van der Waals surface area contributed by atoms with Gasteiger partial charge in [-0.2, -0.15) is 4.31 Å². The number of halogens is 1. The van der Waals surface area contributed by atoms with Gasteiger partial charge in [-0.15, -0.1) is 0 Å². The molecule has 6 nitrogen and oxygen atoms in total. The normalized spacial score (nSPS) is 15.1. The van der Waals surface area contributed by atoms with Crippen LogP contribution in [0.25, 0.3) is 0 Å². The Morgan fingerprint density at radius 1 is 1.14 bits per heavy atom. The van der Waals surface area contributed by atoms with Gasteiger partial charge < -0.3 is 10.1 Å². The number of aryl methyl sites for hydroxylation is 1. The number of hydrogen-bond donors (Lipinski definition) is 1. The number of para-hydroxylation sites is 1. The van der Waals surface area contributed by atoms with Crippen molar-refractivity contribution in [1.29, 1.82) is 0 Å². The molecule has 2 aromatic carbocycles. The van der Waals surface area contributed by atoms with Crippen LogP contribution in [0.1, 0.15) is 35.2 Å². The third-order valence-electron chi connectivity index (χ3n) is 4.87. The van der Waals surface area contributed by atoms with Crippen molar-refractivity contribution in [2.75, 3.05) is 26.2 Å². The van der Waals surface area contributed by atoms with E-state index in [9.17, 15) is 13.2 Å². The minimum Gasteiger partial charge on any atom is -0.491 e. The molecule has 1 aliphatic heterocycles. The SMILES string of the molecule is Cc1ccccc1OCCNC(=O)c1ccc(Cl)c(S(=O)(=O)N2CCCCC2)c1. The van der Waals surface area contributed by atoms with E-state index in [-0.39, 0.29) is 21.4 Å². The van der Waals surface area contributed by atoms with Gasteiger partial charge in [0.15, 0.2) is 0 Å². The average molecular weight is 437 g/mol. The first-order valence-corrected chi connectivity index (χ1v) is 11.5. The molecule has 0 unspecified atom stereocenters. The van der Waals surface area contributed by atoms with Crippen LogP contribution in [0.4, 0.5) is 0 Å². The van der Waals surface area contributed by atoms with Crippen molar-refractivity contribution < 1.29 is 17.9 Å². The zero-order valence-corrected chi connectivity index (χ0v) is 17.9. The molecule has 0 radical (unpaired) electrons. The average Bonchev–Trinajstić information content (AvgIpc) is 2.73. The monoisotopic (exact) mass is 436 g/mol. The Kier molecular flexibility index (Phi) is 7.16. The van der Waals surface area contributed by atoms with Gasteiger partial charge in [-0.05, 0) is 49.6 Å². The molecule has 1 N–H and O–H groups in total. The lowest BCUT2D eigenvalue weighted by Gasteiger charge is -2.26. The van der Waals surface area contributed by atoms with Crippen LogP contribution in [0.3, 0.4) is 0 Å². The summed E-state index contributed by atoms with van der Waals surface area (Å²) in [5, 5.41) is 2.87. The first-order valence-electron chi connectivity index (χ1n) is 9.66. The van der Waals surface area contributed by atoms with Crippen LogP contribution < -0.4 is 10.1 Å². The molecule has 1 amide bonds. The quantitative estimate of drug-likeness (QED) is 0.672. The van der Waals surface area contributed by atoms with E-state index in [0.29, 0.717) is 26.2 Å². The third-order valence-corrected chi connectivity index (χ3v) is 7.25. The summed E-state index contributed by atoms with van der Waals surface area (Å²) in [6, 6.07) is 12.0. The first-order chi connectivity index (χ1) is 13.9. The lowest BCUT2D eigenvalue weighted by Crippen LogP contribution is -2.36. The molecule has 0 aliphatic carbocycles. The van der Waals surface area contributed by atoms with E-state index < -0.39 is 10.0 Å². The Hall–Kier alpha value is -2.09. The molecule has 2 aromatic rings. The van der Waals surface area contributed by atoms with E-state index in [4.69, 9.17) is 16.3 Å². The zero-order valence-electron chi connectivity index (χ0n) is 16.4. The van der Waals surface area contributed by atoms with Gasteiger partial charge in [0.05, 0.1) is 11.6 Å². The van der Waals surface area contributed by atoms with Gasteiger partial charge in [-0.3, -0.25) is 4.79 Å². The topological polar surface area (TPSA) is 75.7 Å². The number of sulfonamides is 1. The molecule has 0 bridgehead atoms. The molecule has 156 valence electrons. The van der Waals surface area contributed by atoms with E-state index in [1.54, 1.807) is 0 Å². The number of hydrogen-bond acceptors (Lipinski definition) is 4. The first kappa shape index (κ1) is 21.6. The van der Waals surface area contributed by atoms with Gasteiger partial charge in [0.25, 0.3) is 5.91 Å². The lowest BCUT2D eigenvalue weighted by molar-refractivity contribution is 0.0946. The Bertz CT molecular complexity index is 972. The van der Waals surface area contributed by atoms with E-state index >= 15 is 0 Å². The summed E-state index contributed by atoms with van der Waals surface area (Å²) in [5.74, 6) is 0.397. The fraction of sp³-hybridized carbons (Fsp3) is 0.381. The second-order valence-corrected chi connectivity index (χ2v) is 9.29. The van der Waals surface area contributed by atoms with E-state index in [0.717, 1.165) is 30.6 Å². The molecule has 0 atom stereocenters. The van der Waals surface area contributed by atoms with Gasteiger partial charge >= 0.3 is 0 Å². The summed E-state index contributed by atoms with van der Waals surface area (Å²) in [7, 11) is -3.72.